The number of ether oxygens (including phenoxy) is 1. The summed E-state index contributed by atoms with van der Waals surface area (Å²) in [7, 11) is 0.673. The van der Waals surface area contributed by atoms with Gasteiger partial charge in [-0.1, -0.05) is 0 Å². The van der Waals surface area contributed by atoms with Crippen molar-refractivity contribution < 1.29 is 9.53 Å². The molecule has 0 aromatic heterocycles. The Hall–Kier alpha value is -0.0351. The lowest BCUT2D eigenvalue weighted by molar-refractivity contribution is -0.139. The van der Waals surface area contributed by atoms with Crippen LogP contribution in [0.2, 0.25) is 0 Å². The Labute approximate surface area is 59.7 Å². The van der Waals surface area contributed by atoms with Crippen LogP contribution in [0.3, 0.4) is 0 Å². The summed E-state index contributed by atoms with van der Waals surface area (Å²) in [5, 5.41) is 0. The van der Waals surface area contributed by atoms with Gasteiger partial charge in [0, 0.05) is 8.41 Å². The molecule has 0 aliphatic heterocycles. The highest BCUT2D eigenvalue weighted by molar-refractivity contribution is 7.38. The van der Waals surface area contributed by atoms with Crippen LogP contribution in [0.1, 0.15) is 6.92 Å². The summed E-state index contributed by atoms with van der Waals surface area (Å²) in [4.78, 5) is 10.4. The zero-order valence-corrected chi connectivity index (χ0v) is 6.81. The van der Waals surface area contributed by atoms with Crippen molar-refractivity contribution in [2.45, 2.75) is 6.92 Å². The van der Waals surface area contributed by atoms with E-state index in [1.54, 1.807) is 0 Å². The van der Waals surface area contributed by atoms with Gasteiger partial charge in [0.15, 0.2) is 0 Å². The summed E-state index contributed by atoms with van der Waals surface area (Å²) in [6.07, 6.45) is 0.577. The Morgan fingerprint density at radius 2 is 2.22 bits per heavy atom. The molecule has 0 aliphatic rings. The fraction of sp³-hybridized carbons (Fsp3) is 0.800. The van der Waals surface area contributed by atoms with Gasteiger partial charge in [0.2, 0.25) is 0 Å². The van der Waals surface area contributed by atoms with Crippen molar-refractivity contribution in [2.24, 2.45) is 0 Å². The van der Waals surface area contributed by atoms with Gasteiger partial charge in [0.05, 0.1) is 12.8 Å². The molecule has 4 heteroatoms. The predicted molar refractivity (Wildman–Crippen MR) is 41.5 cm³/mol. The number of carbonyl (C=O) groups excluding carboxylic acids is 1. The van der Waals surface area contributed by atoms with E-state index in [4.69, 9.17) is 0 Å². The maximum absolute atomic E-state index is 10.4. The van der Waals surface area contributed by atoms with Gasteiger partial charge in [-0.15, -0.1) is 8.58 Å². The molecule has 0 saturated carbocycles. The van der Waals surface area contributed by atoms with Crippen LogP contribution in [-0.4, -0.2) is 33.8 Å². The minimum atomic E-state index is -0.0756. The smallest absolute Gasteiger partial charge is 0.309 e. The standard InChI is InChI=1S/C5H11O2P.B/c1-3-7-5(6)4-8-2;/h8H,3-4H2,1-2H3;. The Bertz CT molecular complexity index is 69.4. The van der Waals surface area contributed by atoms with E-state index in [0.717, 1.165) is 0 Å². The number of esters is 1. The second-order valence-corrected chi connectivity index (χ2v) is 2.40. The molecule has 0 aromatic rings. The van der Waals surface area contributed by atoms with Crippen molar-refractivity contribution in [1.82, 2.24) is 0 Å². The Kier molecular flexibility index (Phi) is 10.4. The zero-order chi connectivity index (χ0) is 6.41. The molecule has 1 unspecified atom stereocenters. The van der Waals surface area contributed by atoms with Gasteiger partial charge in [-0.2, -0.15) is 0 Å². The topological polar surface area (TPSA) is 26.3 Å². The second-order valence-electron chi connectivity index (χ2n) is 1.34. The van der Waals surface area contributed by atoms with Crippen LogP contribution in [0.25, 0.3) is 0 Å². The molecule has 0 spiro atoms. The zero-order valence-electron chi connectivity index (χ0n) is 5.81. The molecule has 3 radical (unpaired) electrons. The molecule has 0 amide bonds. The molecular formula is C5H11BO2P. The SMILES string of the molecule is CCOC(=O)CPC.[B]. The van der Waals surface area contributed by atoms with E-state index in [-0.39, 0.29) is 14.4 Å². The van der Waals surface area contributed by atoms with Gasteiger partial charge in [0.25, 0.3) is 0 Å². The van der Waals surface area contributed by atoms with E-state index in [9.17, 15) is 4.79 Å². The number of hydrogen-bond donors (Lipinski definition) is 0. The van der Waals surface area contributed by atoms with Crippen LogP contribution >= 0.6 is 8.58 Å². The minimum absolute atomic E-state index is 0. The van der Waals surface area contributed by atoms with Crippen molar-refractivity contribution in [2.75, 3.05) is 19.4 Å². The van der Waals surface area contributed by atoms with Crippen LogP contribution in [0.15, 0.2) is 0 Å². The van der Waals surface area contributed by atoms with Crippen molar-refractivity contribution in [3.63, 3.8) is 0 Å². The average molecular weight is 145 g/mol. The van der Waals surface area contributed by atoms with Crippen LogP contribution < -0.4 is 0 Å². The molecule has 0 rings (SSSR count). The number of carbonyl (C=O) groups is 1. The molecule has 9 heavy (non-hydrogen) atoms. The van der Waals surface area contributed by atoms with Gasteiger partial charge < -0.3 is 4.74 Å². The third-order valence-electron chi connectivity index (χ3n) is 0.626. The van der Waals surface area contributed by atoms with Gasteiger partial charge in [0.1, 0.15) is 0 Å². The number of hydrogen-bond acceptors (Lipinski definition) is 2. The van der Waals surface area contributed by atoms with E-state index in [0.29, 0.717) is 21.3 Å². The lowest BCUT2D eigenvalue weighted by Crippen LogP contribution is -2.04. The maximum Gasteiger partial charge on any atom is 0.309 e. The molecule has 0 bridgehead atoms. The highest BCUT2D eigenvalue weighted by atomic mass is 31.1. The largest absolute Gasteiger partial charge is 0.466 e. The van der Waals surface area contributed by atoms with Gasteiger partial charge in [-0.05, 0) is 13.6 Å². The number of rotatable bonds is 3. The minimum Gasteiger partial charge on any atom is -0.466 e. The second kappa shape index (κ2) is 7.96. The molecule has 0 aromatic carbocycles. The summed E-state index contributed by atoms with van der Waals surface area (Å²) in [5.74, 6) is -0.0756. The van der Waals surface area contributed by atoms with E-state index in [1.807, 2.05) is 13.6 Å². The quantitative estimate of drug-likeness (QED) is 0.328. The molecule has 0 saturated heterocycles. The predicted octanol–water partition coefficient (Wildman–Crippen LogP) is 0.477. The Morgan fingerprint density at radius 3 is 2.56 bits per heavy atom. The van der Waals surface area contributed by atoms with Crippen LogP contribution in [0, 0.1) is 0 Å². The molecule has 51 valence electrons. The highest BCUT2D eigenvalue weighted by Gasteiger charge is 1.95. The van der Waals surface area contributed by atoms with E-state index in [2.05, 4.69) is 4.74 Å². The third-order valence-corrected chi connectivity index (χ3v) is 1.27. The monoisotopic (exact) mass is 145 g/mol. The lowest BCUT2D eigenvalue weighted by atomic mass is 10.8. The van der Waals surface area contributed by atoms with Crippen LogP contribution in [-0.2, 0) is 9.53 Å². The normalized spacial score (nSPS) is 9.11. The summed E-state index contributed by atoms with van der Waals surface area (Å²) >= 11 is 0. The van der Waals surface area contributed by atoms with Crippen molar-refractivity contribution >= 4 is 23.0 Å². The fourth-order valence-corrected chi connectivity index (χ4v) is 0.747. The van der Waals surface area contributed by atoms with Gasteiger partial charge in [-0.3, -0.25) is 4.79 Å². The van der Waals surface area contributed by atoms with E-state index >= 15 is 0 Å². The lowest BCUT2D eigenvalue weighted by Gasteiger charge is -1.96. The summed E-state index contributed by atoms with van der Waals surface area (Å²) < 4.78 is 4.65. The van der Waals surface area contributed by atoms with Crippen molar-refractivity contribution in [3.05, 3.63) is 0 Å². The molecular weight excluding hydrogens is 134 g/mol. The first-order valence-electron chi connectivity index (χ1n) is 2.61. The first kappa shape index (κ1) is 11.7. The average Bonchev–Trinajstić information content (AvgIpc) is 1.68. The molecule has 0 aliphatic carbocycles. The van der Waals surface area contributed by atoms with Crippen molar-refractivity contribution in [1.29, 1.82) is 0 Å². The molecule has 0 heterocycles. The summed E-state index contributed by atoms with van der Waals surface area (Å²) in [6, 6.07) is 0. The first-order valence-corrected chi connectivity index (χ1v) is 4.32. The van der Waals surface area contributed by atoms with E-state index in [1.165, 1.54) is 0 Å². The fourth-order valence-electron chi connectivity index (χ4n) is 0.356. The molecule has 0 fully saturated rings. The van der Waals surface area contributed by atoms with Crippen molar-refractivity contribution in [3.8, 4) is 0 Å². The molecule has 1 atom stereocenters. The van der Waals surface area contributed by atoms with Crippen LogP contribution in [0.4, 0.5) is 0 Å². The van der Waals surface area contributed by atoms with Gasteiger partial charge in [-0.25, -0.2) is 0 Å². The van der Waals surface area contributed by atoms with E-state index < -0.39 is 0 Å². The molecule has 0 N–H and O–H groups in total. The molecule has 2 nitrogen and oxygen atoms in total. The highest BCUT2D eigenvalue weighted by Crippen LogP contribution is 2.00. The maximum atomic E-state index is 10.4. The first-order chi connectivity index (χ1) is 3.81. The van der Waals surface area contributed by atoms with Gasteiger partial charge >= 0.3 is 5.97 Å². The van der Waals surface area contributed by atoms with Crippen LogP contribution in [0.5, 0.6) is 0 Å². The Balaban J connectivity index is 0. The Morgan fingerprint density at radius 1 is 1.67 bits per heavy atom. The summed E-state index contributed by atoms with van der Waals surface area (Å²) in [5.41, 5.74) is 0. The summed E-state index contributed by atoms with van der Waals surface area (Å²) in [6.45, 7) is 4.30. The third kappa shape index (κ3) is 7.96.